The maximum atomic E-state index is 13.3. The van der Waals surface area contributed by atoms with Crippen molar-refractivity contribution in [2.45, 2.75) is 37.8 Å². The van der Waals surface area contributed by atoms with Gasteiger partial charge in [0.15, 0.2) is 0 Å². The number of nitrogens with zero attached hydrogens (tertiary/aromatic N) is 1. The van der Waals surface area contributed by atoms with Crippen LogP contribution in [0.1, 0.15) is 24.8 Å². The van der Waals surface area contributed by atoms with Gasteiger partial charge in [0.1, 0.15) is 5.75 Å². The van der Waals surface area contributed by atoms with E-state index in [4.69, 9.17) is 4.74 Å². The molecule has 2 heterocycles. The molecule has 148 valence electrons. The van der Waals surface area contributed by atoms with Crippen molar-refractivity contribution in [3.8, 4) is 5.75 Å². The normalized spacial score (nSPS) is 22.5. The second-order valence-electron chi connectivity index (χ2n) is 7.16. The highest BCUT2D eigenvalue weighted by Crippen LogP contribution is 2.27. The van der Waals surface area contributed by atoms with E-state index in [0.717, 1.165) is 11.3 Å². The number of rotatable bonds is 5. The predicted molar refractivity (Wildman–Crippen MR) is 95.5 cm³/mol. The van der Waals surface area contributed by atoms with E-state index in [1.165, 1.54) is 0 Å². The Morgan fingerprint density at radius 3 is 2.48 bits per heavy atom. The fourth-order valence-corrected chi connectivity index (χ4v) is 3.55. The number of likely N-dealkylation sites (tertiary alicyclic amines) is 1. The third kappa shape index (κ3) is 4.94. The summed E-state index contributed by atoms with van der Waals surface area (Å²) >= 11 is 0. The van der Waals surface area contributed by atoms with Gasteiger partial charge in [0, 0.05) is 32.0 Å². The molecule has 0 bridgehead atoms. The van der Waals surface area contributed by atoms with E-state index in [-0.39, 0.29) is 17.7 Å². The molecule has 2 N–H and O–H groups in total. The van der Waals surface area contributed by atoms with Crippen LogP contribution >= 0.6 is 0 Å². The molecule has 27 heavy (non-hydrogen) atoms. The number of methoxy groups -OCH3 is 1. The average molecular weight is 381 g/mol. The zero-order chi connectivity index (χ0) is 19.4. The summed E-state index contributed by atoms with van der Waals surface area (Å²) in [5.74, 6) is -2.55. The number of ether oxygens (including phenoxy) is 1. The summed E-state index contributed by atoms with van der Waals surface area (Å²) in [5.41, 5.74) is 0.977. The van der Waals surface area contributed by atoms with Gasteiger partial charge in [0.25, 0.3) is 5.92 Å². The Morgan fingerprint density at radius 1 is 1.26 bits per heavy atom. The highest BCUT2D eigenvalue weighted by atomic mass is 19.3. The highest BCUT2D eigenvalue weighted by Gasteiger charge is 2.44. The second-order valence-corrected chi connectivity index (χ2v) is 7.16. The van der Waals surface area contributed by atoms with Gasteiger partial charge in [-0.05, 0) is 30.5 Å². The molecule has 0 aromatic heterocycles. The molecule has 8 heteroatoms. The fraction of sp³-hybridized carbons (Fsp3) is 0.579. The minimum Gasteiger partial charge on any atom is -0.497 e. The minimum atomic E-state index is -2.82. The SMILES string of the molecule is COc1ccc(CNC(=O)C2CCN(C(=O)C3CC(F)(F)CN3)CC2)cc1. The molecule has 2 amide bonds. The smallest absolute Gasteiger partial charge is 0.262 e. The van der Waals surface area contributed by atoms with Crippen LogP contribution in [0.4, 0.5) is 8.78 Å². The van der Waals surface area contributed by atoms with Crippen molar-refractivity contribution < 1.29 is 23.1 Å². The lowest BCUT2D eigenvalue weighted by atomic mass is 9.95. The van der Waals surface area contributed by atoms with Crippen molar-refractivity contribution in [1.29, 1.82) is 0 Å². The standard InChI is InChI=1S/C19H25F2N3O3/c1-27-15-4-2-13(3-5-15)11-22-17(25)14-6-8-24(9-7-14)18(26)16-10-19(20,21)12-23-16/h2-5,14,16,23H,6-12H2,1H3,(H,22,25). The Bertz CT molecular complexity index is 673. The van der Waals surface area contributed by atoms with Crippen molar-refractivity contribution in [3.63, 3.8) is 0 Å². The lowest BCUT2D eigenvalue weighted by molar-refractivity contribution is -0.137. The number of amides is 2. The van der Waals surface area contributed by atoms with Crippen molar-refractivity contribution in [2.24, 2.45) is 5.92 Å². The van der Waals surface area contributed by atoms with Crippen molar-refractivity contribution in [1.82, 2.24) is 15.5 Å². The van der Waals surface area contributed by atoms with Gasteiger partial charge >= 0.3 is 0 Å². The van der Waals surface area contributed by atoms with Gasteiger partial charge in [-0.3, -0.25) is 14.9 Å². The zero-order valence-electron chi connectivity index (χ0n) is 15.3. The van der Waals surface area contributed by atoms with Crippen LogP contribution in [0.15, 0.2) is 24.3 Å². The maximum absolute atomic E-state index is 13.3. The first-order valence-electron chi connectivity index (χ1n) is 9.18. The molecule has 0 radical (unpaired) electrons. The lowest BCUT2D eigenvalue weighted by Crippen LogP contribution is -2.48. The Balaban J connectivity index is 1.43. The molecule has 1 atom stereocenters. The van der Waals surface area contributed by atoms with Crippen molar-refractivity contribution in [3.05, 3.63) is 29.8 Å². The summed E-state index contributed by atoms with van der Waals surface area (Å²) in [7, 11) is 1.60. The summed E-state index contributed by atoms with van der Waals surface area (Å²) in [6.07, 6.45) is 0.640. The number of halogens is 2. The fourth-order valence-electron chi connectivity index (χ4n) is 3.55. The lowest BCUT2D eigenvalue weighted by Gasteiger charge is -2.33. The number of benzene rings is 1. The number of piperidine rings is 1. The molecule has 2 saturated heterocycles. The van der Waals surface area contributed by atoms with E-state index >= 15 is 0 Å². The molecule has 3 rings (SSSR count). The molecule has 0 saturated carbocycles. The number of alkyl halides is 2. The molecular formula is C19H25F2N3O3. The summed E-state index contributed by atoms with van der Waals surface area (Å²) in [5, 5.41) is 5.52. The summed E-state index contributed by atoms with van der Waals surface area (Å²) in [6, 6.07) is 6.65. The Kier molecular flexibility index (Phi) is 5.94. The van der Waals surface area contributed by atoms with Gasteiger partial charge in [-0.25, -0.2) is 8.78 Å². The Hall–Kier alpha value is -2.22. The van der Waals surface area contributed by atoms with E-state index < -0.39 is 24.9 Å². The van der Waals surface area contributed by atoms with Crippen LogP contribution in [0.5, 0.6) is 5.75 Å². The first-order chi connectivity index (χ1) is 12.9. The number of nitrogens with one attached hydrogen (secondary N) is 2. The highest BCUT2D eigenvalue weighted by molar-refractivity contribution is 5.83. The van der Waals surface area contributed by atoms with Crippen molar-refractivity contribution >= 4 is 11.8 Å². The van der Waals surface area contributed by atoms with Gasteiger partial charge in [-0.15, -0.1) is 0 Å². The van der Waals surface area contributed by atoms with Crippen LogP contribution in [0.2, 0.25) is 0 Å². The molecule has 2 aliphatic rings. The van der Waals surface area contributed by atoms with Gasteiger partial charge in [-0.1, -0.05) is 12.1 Å². The minimum absolute atomic E-state index is 0.0385. The summed E-state index contributed by atoms with van der Waals surface area (Å²) in [4.78, 5) is 26.3. The largest absolute Gasteiger partial charge is 0.497 e. The van der Waals surface area contributed by atoms with E-state index in [1.54, 1.807) is 12.0 Å². The third-order valence-corrected chi connectivity index (χ3v) is 5.21. The number of carbonyl (C=O) groups is 2. The summed E-state index contributed by atoms with van der Waals surface area (Å²) in [6.45, 7) is 0.823. The van der Waals surface area contributed by atoms with E-state index in [1.807, 2.05) is 24.3 Å². The second kappa shape index (κ2) is 8.21. The Labute approximate surface area is 157 Å². The third-order valence-electron chi connectivity index (χ3n) is 5.21. The van der Waals surface area contributed by atoms with Crippen molar-refractivity contribution in [2.75, 3.05) is 26.7 Å². The number of hydrogen-bond donors (Lipinski definition) is 2. The molecule has 1 aromatic rings. The van der Waals surface area contributed by atoms with Gasteiger partial charge < -0.3 is 15.0 Å². The molecule has 6 nitrogen and oxygen atoms in total. The Morgan fingerprint density at radius 2 is 1.93 bits per heavy atom. The van der Waals surface area contributed by atoms with E-state index in [0.29, 0.717) is 32.5 Å². The average Bonchev–Trinajstić information content (AvgIpc) is 3.05. The van der Waals surface area contributed by atoms with Crippen LogP contribution in [0, 0.1) is 5.92 Å². The van der Waals surface area contributed by atoms with Crippen LogP contribution in [0.25, 0.3) is 0 Å². The topological polar surface area (TPSA) is 70.7 Å². The monoisotopic (exact) mass is 381 g/mol. The number of hydrogen-bond acceptors (Lipinski definition) is 4. The molecule has 1 aromatic carbocycles. The maximum Gasteiger partial charge on any atom is 0.262 e. The molecule has 1 unspecified atom stereocenters. The van der Waals surface area contributed by atoms with Crippen LogP contribution in [0.3, 0.4) is 0 Å². The molecule has 0 spiro atoms. The quantitative estimate of drug-likeness (QED) is 0.812. The van der Waals surface area contributed by atoms with E-state index in [2.05, 4.69) is 10.6 Å². The summed E-state index contributed by atoms with van der Waals surface area (Å²) < 4.78 is 31.6. The first kappa shape index (κ1) is 19.5. The van der Waals surface area contributed by atoms with E-state index in [9.17, 15) is 18.4 Å². The molecule has 2 fully saturated rings. The van der Waals surface area contributed by atoms with Gasteiger partial charge in [0.05, 0.1) is 19.7 Å². The van der Waals surface area contributed by atoms with Gasteiger partial charge in [-0.2, -0.15) is 0 Å². The van der Waals surface area contributed by atoms with Gasteiger partial charge in [0.2, 0.25) is 11.8 Å². The molecule has 2 aliphatic heterocycles. The van der Waals surface area contributed by atoms with Crippen LogP contribution in [-0.4, -0.2) is 55.4 Å². The van der Waals surface area contributed by atoms with Crippen LogP contribution < -0.4 is 15.4 Å². The predicted octanol–water partition coefficient (Wildman–Crippen LogP) is 1.55. The van der Waals surface area contributed by atoms with Crippen LogP contribution in [-0.2, 0) is 16.1 Å². The molecule has 0 aliphatic carbocycles. The first-order valence-corrected chi connectivity index (χ1v) is 9.18. The number of carbonyl (C=O) groups excluding carboxylic acids is 2. The molecular weight excluding hydrogens is 356 g/mol. The zero-order valence-corrected chi connectivity index (χ0v) is 15.3.